The summed E-state index contributed by atoms with van der Waals surface area (Å²) in [5, 5.41) is 5.28. The highest BCUT2D eigenvalue weighted by atomic mass is 79.9. The van der Waals surface area contributed by atoms with Crippen molar-refractivity contribution in [1.29, 1.82) is 0 Å². The number of anilines is 2. The number of nitrogens with zero attached hydrogens (tertiary/aromatic N) is 2. The SMILES string of the molecule is O=C(Nc1nc(-c2ccc(Br)cc2)cs1)C1CC(=O)N(c2ccc3c(c2)OCO3)C1. The average molecular weight is 486 g/mol. The van der Waals surface area contributed by atoms with Crippen LogP contribution in [0.15, 0.2) is 52.3 Å². The average Bonchev–Trinajstić information content (AvgIpc) is 3.47. The van der Waals surface area contributed by atoms with Crippen LogP contribution in [0.2, 0.25) is 0 Å². The van der Waals surface area contributed by atoms with Crippen LogP contribution in [0.3, 0.4) is 0 Å². The number of carbonyl (C=O) groups excluding carboxylic acids is 2. The highest BCUT2D eigenvalue weighted by molar-refractivity contribution is 9.10. The van der Waals surface area contributed by atoms with Crippen molar-refractivity contribution in [3.05, 3.63) is 52.3 Å². The van der Waals surface area contributed by atoms with E-state index in [1.54, 1.807) is 23.1 Å². The van der Waals surface area contributed by atoms with Crippen molar-refractivity contribution in [2.75, 3.05) is 23.6 Å². The monoisotopic (exact) mass is 485 g/mol. The van der Waals surface area contributed by atoms with Gasteiger partial charge in [0, 0.05) is 40.1 Å². The van der Waals surface area contributed by atoms with Gasteiger partial charge in [0.25, 0.3) is 0 Å². The largest absolute Gasteiger partial charge is 0.454 e. The topological polar surface area (TPSA) is 80.8 Å². The molecule has 30 heavy (non-hydrogen) atoms. The van der Waals surface area contributed by atoms with E-state index >= 15 is 0 Å². The summed E-state index contributed by atoms with van der Waals surface area (Å²) < 4.78 is 11.7. The first-order valence-corrected chi connectivity index (χ1v) is 11.0. The summed E-state index contributed by atoms with van der Waals surface area (Å²) in [5.74, 6) is 0.524. The maximum absolute atomic E-state index is 12.7. The van der Waals surface area contributed by atoms with E-state index in [1.807, 2.05) is 29.6 Å². The van der Waals surface area contributed by atoms with Gasteiger partial charge in [0.2, 0.25) is 18.6 Å². The minimum Gasteiger partial charge on any atom is -0.454 e. The molecule has 9 heteroatoms. The Bertz CT molecular complexity index is 1130. The minimum atomic E-state index is -0.442. The first-order valence-electron chi connectivity index (χ1n) is 9.29. The van der Waals surface area contributed by atoms with Crippen LogP contribution in [0.25, 0.3) is 11.3 Å². The molecular weight excluding hydrogens is 470 g/mol. The van der Waals surface area contributed by atoms with Gasteiger partial charge in [-0.2, -0.15) is 0 Å². The van der Waals surface area contributed by atoms with Crippen LogP contribution in [0.5, 0.6) is 11.5 Å². The first-order chi connectivity index (χ1) is 14.6. The predicted molar refractivity (Wildman–Crippen MR) is 117 cm³/mol. The standard InChI is InChI=1S/C21H16BrN3O4S/c22-14-3-1-12(2-4-14)16-10-30-21(23-16)24-20(27)13-7-19(26)25(9-13)15-5-6-17-18(8-15)29-11-28-17/h1-6,8,10,13H,7,9,11H2,(H,23,24,27). The molecule has 2 amide bonds. The minimum absolute atomic E-state index is 0.0938. The Morgan fingerprint density at radius 3 is 2.80 bits per heavy atom. The van der Waals surface area contributed by atoms with Gasteiger partial charge in [-0.1, -0.05) is 28.1 Å². The maximum atomic E-state index is 12.7. The van der Waals surface area contributed by atoms with E-state index in [-0.39, 0.29) is 25.0 Å². The van der Waals surface area contributed by atoms with Gasteiger partial charge in [0.15, 0.2) is 16.6 Å². The number of ether oxygens (including phenoxy) is 2. The lowest BCUT2D eigenvalue weighted by Crippen LogP contribution is -2.28. The molecule has 0 aliphatic carbocycles. The van der Waals surface area contributed by atoms with Crippen LogP contribution < -0.4 is 19.7 Å². The van der Waals surface area contributed by atoms with Gasteiger partial charge in [0.1, 0.15) is 0 Å². The summed E-state index contributed by atoms with van der Waals surface area (Å²) >= 11 is 4.78. The molecule has 2 aromatic carbocycles. The van der Waals surface area contributed by atoms with Crippen molar-refractivity contribution < 1.29 is 19.1 Å². The van der Waals surface area contributed by atoms with Gasteiger partial charge >= 0.3 is 0 Å². The van der Waals surface area contributed by atoms with E-state index in [1.165, 1.54) is 11.3 Å². The van der Waals surface area contributed by atoms with Gasteiger partial charge < -0.3 is 19.7 Å². The van der Waals surface area contributed by atoms with Crippen molar-refractivity contribution in [2.45, 2.75) is 6.42 Å². The van der Waals surface area contributed by atoms with Gasteiger partial charge in [-0.25, -0.2) is 4.98 Å². The predicted octanol–water partition coefficient (Wildman–Crippen LogP) is 4.29. The lowest BCUT2D eigenvalue weighted by atomic mass is 10.1. The van der Waals surface area contributed by atoms with E-state index in [0.29, 0.717) is 28.9 Å². The van der Waals surface area contributed by atoms with Crippen LogP contribution >= 0.6 is 27.3 Å². The molecule has 1 saturated heterocycles. The third-order valence-electron chi connectivity index (χ3n) is 5.04. The van der Waals surface area contributed by atoms with Crippen molar-refractivity contribution in [1.82, 2.24) is 4.98 Å². The van der Waals surface area contributed by atoms with Gasteiger partial charge in [-0.3, -0.25) is 9.59 Å². The van der Waals surface area contributed by atoms with Gasteiger partial charge in [0.05, 0.1) is 11.6 Å². The third-order valence-corrected chi connectivity index (χ3v) is 6.32. The smallest absolute Gasteiger partial charge is 0.231 e. The number of benzene rings is 2. The lowest BCUT2D eigenvalue weighted by Gasteiger charge is -2.17. The molecule has 1 atom stereocenters. The second-order valence-electron chi connectivity index (χ2n) is 6.98. The molecule has 0 bridgehead atoms. The summed E-state index contributed by atoms with van der Waals surface area (Å²) in [6.45, 7) is 0.489. The van der Waals surface area contributed by atoms with Crippen molar-refractivity contribution in [2.24, 2.45) is 5.92 Å². The van der Waals surface area contributed by atoms with Gasteiger partial charge in [-0.15, -0.1) is 11.3 Å². The molecule has 0 spiro atoms. The Morgan fingerprint density at radius 2 is 1.97 bits per heavy atom. The molecule has 0 radical (unpaired) electrons. The molecule has 2 aliphatic heterocycles. The molecule has 3 heterocycles. The summed E-state index contributed by atoms with van der Waals surface area (Å²) in [7, 11) is 0. The molecule has 3 aromatic rings. The van der Waals surface area contributed by atoms with E-state index < -0.39 is 5.92 Å². The van der Waals surface area contributed by atoms with E-state index in [0.717, 1.165) is 15.7 Å². The third kappa shape index (κ3) is 3.66. The summed E-state index contributed by atoms with van der Waals surface area (Å²) in [6.07, 6.45) is 0.158. The van der Waals surface area contributed by atoms with Crippen LogP contribution in [0.4, 0.5) is 10.8 Å². The number of fused-ring (bicyclic) bond motifs is 1. The van der Waals surface area contributed by atoms with E-state index in [4.69, 9.17) is 9.47 Å². The Kier molecular flexibility index (Phi) is 4.92. The normalized spacial score (nSPS) is 17.4. The number of hydrogen-bond acceptors (Lipinski definition) is 6. The molecular formula is C21H16BrN3O4S. The van der Waals surface area contributed by atoms with E-state index in [2.05, 4.69) is 26.2 Å². The summed E-state index contributed by atoms with van der Waals surface area (Å²) in [4.78, 5) is 31.4. The highest BCUT2D eigenvalue weighted by Gasteiger charge is 2.36. The molecule has 7 nitrogen and oxygen atoms in total. The van der Waals surface area contributed by atoms with Crippen LogP contribution in [-0.2, 0) is 9.59 Å². The number of rotatable bonds is 4. The highest BCUT2D eigenvalue weighted by Crippen LogP contribution is 2.37. The first kappa shape index (κ1) is 19.1. The molecule has 152 valence electrons. The molecule has 1 aromatic heterocycles. The maximum Gasteiger partial charge on any atom is 0.231 e. The quantitative estimate of drug-likeness (QED) is 0.595. The number of nitrogens with one attached hydrogen (secondary N) is 1. The molecule has 1 N–H and O–H groups in total. The number of aromatic nitrogens is 1. The fraction of sp³-hybridized carbons (Fsp3) is 0.190. The number of hydrogen-bond donors (Lipinski definition) is 1. The van der Waals surface area contributed by atoms with Crippen LogP contribution in [0, 0.1) is 5.92 Å². The van der Waals surface area contributed by atoms with E-state index in [9.17, 15) is 9.59 Å². The van der Waals surface area contributed by atoms with Crippen LogP contribution in [-0.4, -0.2) is 30.1 Å². The number of amides is 2. The summed E-state index contributed by atoms with van der Waals surface area (Å²) in [5.41, 5.74) is 2.47. The fourth-order valence-electron chi connectivity index (χ4n) is 3.48. The zero-order chi connectivity index (χ0) is 20.7. The van der Waals surface area contributed by atoms with Crippen LogP contribution in [0.1, 0.15) is 6.42 Å². The Labute approximate surface area is 184 Å². The second kappa shape index (κ2) is 7.73. The van der Waals surface area contributed by atoms with Crippen molar-refractivity contribution >= 4 is 49.9 Å². The Hall–Kier alpha value is -2.91. The number of carbonyl (C=O) groups is 2. The Morgan fingerprint density at radius 1 is 1.17 bits per heavy atom. The summed E-state index contributed by atoms with van der Waals surface area (Å²) in [6, 6.07) is 13.2. The second-order valence-corrected chi connectivity index (χ2v) is 8.75. The number of thiazole rings is 1. The lowest BCUT2D eigenvalue weighted by molar-refractivity contribution is -0.122. The molecule has 5 rings (SSSR count). The molecule has 1 unspecified atom stereocenters. The van der Waals surface area contributed by atoms with Crippen molar-refractivity contribution in [3.8, 4) is 22.8 Å². The molecule has 1 fully saturated rings. The zero-order valence-electron chi connectivity index (χ0n) is 15.6. The Balaban J connectivity index is 1.26. The fourth-order valence-corrected chi connectivity index (χ4v) is 4.46. The molecule has 2 aliphatic rings. The molecule has 0 saturated carbocycles. The van der Waals surface area contributed by atoms with Crippen molar-refractivity contribution in [3.63, 3.8) is 0 Å². The number of halogens is 1. The zero-order valence-corrected chi connectivity index (χ0v) is 18.0. The van der Waals surface area contributed by atoms with Gasteiger partial charge in [-0.05, 0) is 24.3 Å².